The van der Waals surface area contributed by atoms with E-state index in [4.69, 9.17) is 9.47 Å². The van der Waals surface area contributed by atoms with Crippen LogP contribution in [0.15, 0.2) is 0 Å². The zero-order chi connectivity index (χ0) is 13.8. The minimum atomic E-state index is -0.657. The first-order valence-electron chi connectivity index (χ1n) is 7.39. The summed E-state index contributed by atoms with van der Waals surface area (Å²) < 4.78 is 11.2. The normalized spacial score (nSPS) is 32.1. The Morgan fingerprint density at radius 3 is 2.39 bits per heavy atom. The van der Waals surface area contributed by atoms with E-state index in [0.717, 1.165) is 32.1 Å². The van der Waals surface area contributed by atoms with Gasteiger partial charge < -0.3 is 9.47 Å². The lowest BCUT2D eigenvalue weighted by Gasteiger charge is -2.20. The highest BCUT2D eigenvalue weighted by molar-refractivity contribution is 5.85. The second kappa shape index (κ2) is 6.05. The predicted molar refractivity (Wildman–Crippen MR) is 72.5 cm³/mol. The highest BCUT2D eigenvalue weighted by Gasteiger charge is 2.73. The molecule has 1 saturated heterocycles. The first-order valence-corrected chi connectivity index (χ1v) is 7.39. The van der Waals surface area contributed by atoms with Gasteiger partial charge in [-0.25, -0.2) is 4.79 Å². The number of carbonyl (C=O) groups excluding carboxylic acids is 1. The summed E-state index contributed by atoms with van der Waals surface area (Å²) in [5.74, 6) is 0.426. The molecule has 1 heterocycles. The van der Waals surface area contributed by atoms with Crippen LogP contribution in [0.5, 0.6) is 0 Å². The molecule has 0 aromatic rings. The van der Waals surface area contributed by atoms with Gasteiger partial charge in [0.2, 0.25) is 0 Å². The van der Waals surface area contributed by atoms with Crippen molar-refractivity contribution in [2.75, 3.05) is 6.61 Å². The van der Waals surface area contributed by atoms with Gasteiger partial charge in [-0.15, -0.1) is 0 Å². The molecule has 106 valence electrons. The summed E-state index contributed by atoms with van der Waals surface area (Å²) in [6.45, 7) is 10.9. The number of hydrogen-bond donors (Lipinski definition) is 0. The minimum absolute atomic E-state index is 0.156. The third-order valence-corrected chi connectivity index (χ3v) is 4.22. The Morgan fingerprint density at radius 2 is 1.94 bits per heavy atom. The van der Waals surface area contributed by atoms with Gasteiger partial charge in [0, 0.05) is 0 Å². The van der Waals surface area contributed by atoms with Gasteiger partial charge in [0.1, 0.15) is 5.60 Å². The maximum atomic E-state index is 12.2. The Bertz CT molecular complexity index is 289. The quantitative estimate of drug-likeness (QED) is 0.491. The van der Waals surface area contributed by atoms with Gasteiger partial charge in [0.15, 0.2) is 5.60 Å². The van der Waals surface area contributed by atoms with E-state index in [9.17, 15) is 4.79 Å². The third-order valence-electron chi connectivity index (χ3n) is 4.22. The van der Waals surface area contributed by atoms with Crippen molar-refractivity contribution in [2.45, 2.75) is 77.9 Å². The largest absolute Gasteiger partial charge is 0.464 e. The average molecular weight is 256 g/mol. The minimum Gasteiger partial charge on any atom is -0.464 e. The van der Waals surface area contributed by atoms with E-state index in [1.807, 2.05) is 6.92 Å². The van der Waals surface area contributed by atoms with Gasteiger partial charge >= 0.3 is 5.97 Å². The fourth-order valence-corrected chi connectivity index (χ4v) is 2.93. The van der Waals surface area contributed by atoms with Crippen molar-refractivity contribution in [1.82, 2.24) is 0 Å². The lowest BCUT2D eigenvalue weighted by atomic mass is 9.80. The number of hydrogen-bond acceptors (Lipinski definition) is 3. The molecule has 1 rings (SSSR count). The van der Waals surface area contributed by atoms with E-state index >= 15 is 0 Å². The molecule has 3 heteroatoms. The molecule has 3 unspecified atom stereocenters. The Morgan fingerprint density at radius 1 is 1.28 bits per heavy atom. The Kier molecular flexibility index (Phi) is 5.20. The Balaban J connectivity index is 2.84. The van der Waals surface area contributed by atoms with Crippen molar-refractivity contribution in [3.05, 3.63) is 0 Å². The van der Waals surface area contributed by atoms with Crippen LogP contribution in [0.3, 0.4) is 0 Å². The van der Waals surface area contributed by atoms with Crippen LogP contribution in [0.25, 0.3) is 0 Å². The molecule has 0 aromatic heterocycles. The maximum Gasteiger partial charge on any atom is 0.341 e. The summed E-state index contributed by atoms with van der Waals surface area (Å²) in [5.41, 5.74) is -0.930. The predicted octanol–water partition coefficient (Wildman–Crippen LogP) is 3.70. The molecule has 0 radical (unpaired) electrons. The number of esters is 1. The Labute approximate surface area is 111 Å². The van der Waals surface area contributed by atoms with Gasteiger partial charge in [-0.3, -0.25) is 0 Å². The second-order valence-electron chi connectivity index (χ2n) is 5.46. The summed E-state index contributed by atoms with van der Waals surface area (Å²) >= 11 is 0. The summed E-state index contributed by atoms with van der Waals surface area (Å²) in [4.78, 5) is 12.2. The monoisotopic (exact) mass is 256 g/mol. The van der Waals surface area contributed by atoms with E-state index in [-0.39, 0.29) is 11.6 Å². The van der Waals surface area contributed by atoms with Crippen LogP contribution >= 0.6 is 0 Å². The number of carbonyl (C=O) groups is 1. The maximum absolute atomic E-state index is 12.2. The van der Waals surface area contributed by atoms with Gasteiger partial charge in [0.05, 0.1) is 6.61 Å². The lowest BCUT2D eigenvalue weighted by Crippen LogP contribution is -2.36. The van der Waals surface area contributed by atoms with Crippen LogP contribution in [0.1, 0.15) is 66.7 Å². The van der Waals surface area contributed by atoms with E-state index in [1.54, 1.807) is 0 Å². The van der Waals surface area contributed by atoms with Gasteiger partial charge in [-0.2, -0.15) is 0 Å². The van der Waals surface area contributed by atoms with Crippen molar-refractivity contribution in [2.24, 2.45) is 5.92 Å². The summed E-state index contributed by atoms with van der Waals surface area (Å²) in [6, 6.07) is 0. The van der Waals surface area contributed by atoms with Crippen molar-refractivity contribution in [3.63, 3.8) is 0 Å². The van der Waals surface area contributed by atoms with Crippen molar-refractivity contribution >= 4 is 5.97 Å². The van der Waals surface area contributed by atoms with Gasteiger partial charge in [-0.05, 0) is 32.1 Å². The Hall–Kier alpha value is -0.570. The molecule has 1 aliphatic heterocycles. The summed E-state index contributed by atoms with van der Waals surface area (Å²) in [6.07, 6.45) is 4.68. The zero-order valence-electron chi connectivity index (χ0n) is 12.5. The van der Waals surface area contributed by atoms with Crippen LogP contribution < -0.4 is 0 Å². The van der Waals surface area contributed by atoms with Crippen LogP contribution in [0, 0.1) is 5.92 Å². The summed E-state index contributed by atoms with van der Waals surface area (Å²) in [7, 11) is 0. The molecule has 18 heavy (non-hydrogen) atoms. The lowest BCUT2D eigenvalue weighted by molar-refractivity contribution is -0.149. The molecule has 1 aliphatic rings. The molecule has 0 amide bonds. The first kappa shape index (κ1) is 15.5. The summed E-state index contributed by atoms with van der Waals surface area (Å²) in [5, 5.41) is 0. The van der Waals surface area contributed by atoms with Crippen LogP contribution in [-0.2, 0) is 14.3 Å². The van der Waals surface area contributed by atoms with Gasteiger partial charge in [0.25, 0.3) is 0 Å². The molecule has 0 aliphatic carbocycles. The fraction of sp³-hybridized carbons (Fsp3) is 0.933. The molecule has 0 saturated carbocycles. The van der Waals surface area contributed by atoms with Crippen LogP contribution in [0.4, 0.5) is 0 Å². The molecule has 3 nitrogen and oxygen atoms in total. The third kappa shape index (κ3) is 2.56. The molecular formula is C15H28O3. The molecule has 0 spiro atoms. The average Bonchev–Trinajstić information content (AvgIpc) is 2.99. The molecular weight excluding hydrogens is 228 g/mol. The zero-order valence-corrected chi connectivity index (χ0v) is 12.5. The molecule has 3 atom stereocenters. The second-order valence-corrected chi connectivity index (χ2v) is 5.46. The number of epoxide rings is 1. The number of rotatable bonds is 8. The van der Waals surface area contributed by atoms with Crippen LogP contribution in [-0.4, -0.2) is 23.8 Å². The molecule has 0 N–H and O–H groups in total. The van der Waals surface area contributed by atoms with Crippen molar-refractivity contribution in [1.29, 1.82) is 0 Å². The van der Waals surface area contributed by atoms with E-state index in [1.165, 1.54) is 0 Å². The van der Waals surface area contributed by atoms with E-state index in [2.05, 4.69) is 27.7 Å². The molecule has 0 bridgehead atoms. The van der Waals surface area contributed by atoms with Crippen LogP contribution in [0.2, 0.25) is 0 Å². The SMILES string of the molecule is CCCC1(C(=O)OCC)OC1(CC)CC(C)CC. The fourth-order valence-electron chi connectivity index (χ4n) is 2.93. The van der Waals surface area contributed by atoms with Crippen molar-refractivity contribution < 1.29 is 14.3 Å². The van der Waals surface area contributed by atoms with E-state index in [0.29, 0.717) is 12.5 Å². The molecule has 0 aromatic carbocycles. The highest BCUT2D eigenvalue weighted by atomic mass is 16.7. The number of ether oxygens (including phenoxy) is 2. The smallest absolute Gasteiger partial charge is 0.341 e. The molecule has 1 fully saturated rings. The van der Waals surface area contributed by atoms with Gasteiger partial charge in [-0.1, -0.05) is 40.5 Å². The highest BCUT2D eigenvalue weighted by Crippen LogP contribution is 2.57. The van der Waals surface area contributed by atoms with Crippen molar-refractivity contribution in [3.8, 4) is 0 Å². The topological polar surface area (TPSA) is 38.8 Å². The van der Waals surface area contributed by atoms with E-state index < -0.39 is 5.60 Å². The first-order chi connectivity index (χ1) is 8.51. The standard InChI is InChI=1S/C15H28O3/c1-6-10-15(13(16)17-9-4)14(8-3,18-15)11-12(5)7-2/h12H,6-11H2,1-5H3.